The fraction of sp³-hybridized carbons (Fsp3) is 0.333. The quantitative estimate of drug-likeness (QED) is 0.869. The summed E-state index contributed by atoms with van der Waals surface area (Å²) in [6.07, 6.45) is 1.04. The van der Waals surface area contributed by atoms with E-state index in [0.717, 1.165) is 13.0 Å². The maximum Gasteiger partial charge on any atom is 0.131 e. The van der Waals surface area contributed by atoms with Crippen LogP contribution in [-0.4, -0.2) is 7.11 Å². The summed E-state index contributed by atoms with van der Waals surface area (Å²) in [5.41, 5.74) is 2.03. The highest BCUT2D eigenvalue weighted by Gasteiger charge is 2.05. The van der Waals surface area contributed by atoms with Crippen molar-refractivity contribution in [3.05, 3.63) is 51.5 Å². The molecule has 0 bridgehead atoms. The molecule has 0 saturated heterocycles. The molecule has 0 atom stereocenters. The number of halogens is 1. The summed E-state index contributed by atoms with van der Waals surface area (Å²) >= 11 is 1.74. The van der Waals surface area contributed by atoms with Crippen molar-refractivity contribution in [3.63, 3.8) is 0 Å². The molecule has 102 valence electrons. The SMILES string of the molecule is CCc1ccsc1CNCc1ccc(OC)cc1F. The molecule has 1 aromatic carbocycles. The van der Waals surface area contributed by atoms with Gasteiger partial charge in [0.2, 0.25) is 0 Å². The number of nitrogens with one attached hydrogen (secondary N) is 1. The molecule has 0 radical (unpaired) electrons. The third-order valence-electron chi connectivity index (χ3n) is 3.08. The normalized spacial score (nSPS) is 10.7. The predicted molar refractivity (Wildman–Crippen MR) is 77.2 cm³/mol. The molecular formula is C15H18FNOS. The molecule has 1 heterocycles. The van der Waals surface area contributed by atoms with Gasteiger partial charge in [-0.25, -0.2) is 4.39 Å². The molecule has 0 amide bonds. The van der Waals surface area contributed by atoms with Crippen molar-refractivity contribution in [2.45, 2.75) is 26.4 Å². The number of hydrogen-bond donors (Lipinski definition) is 1. The number of methoxy groups -OCH3 is 1. The van der Waals surface area contributed by atoms with Gasteiger partial charge in [0.15, 0.2) is 0 Å². The highest BCUT2D eigenvalue weighted by atomic mass is 32.1. The van der Waals surface area contributed by atoms with Crippen LogP contribution in [0.15, 0.2) is 29.6 Å². The molecule has 0 fully saturated rings. The van der Waals surface area contributed by atoms with E-state index in [1.54, 1.807) is 23.5 Å². The van der Waals surface area contributed by atoms with Gasteiger partial charge in [0.25, 0.3) is 0 Å². The first kappa shape index (κ1) is 14.0. The van der Waals surface area contributed by atoms with E-state index in [9.17, 15) is 4.39 Å². The van der Waals surface area contributed by atoms with Crippen molar-refractivity contribution in [2.24, 2.45) is 0 Å². The topological polar surface area (TPSA) is 21.3 Å². The zero-order chi connectivity index (χ0) is 13.7. The Bertz CT molecular complexity index is 539. The van der Waals surface area contributed by atoms with Gasteiger partial charge in [-0.1, -0.05) is 13.0 Å². The van der Waals surface area contributed by atoms with Gasteiger partial charge in [-0.2, -0.15) is 0 Å². The lowest BCUT2D eigenvalue weighted by molar-refractivity contribution is 0.410. The Balaban J connectivity index is 1.92. The zero-order valence-corrected chi connectivity index (χ0v) is 12.0. The van der Waals surface area contributed by atoms with E-state index in [-0.39, 0.29) is 5.82 Å². The van der Waals surface area contributed by atoms with Gasteiger partial charge in [-0.15, -0.1) is 11.3 Å². The van der Waals surface area contributed by atoms with E-state index < -0.39 is 0 Å². The summed E-state index contributed by atoms with van der Waals surface area (Å²) in [7, 11) is 1.54. The Kier molecular flexibility index (Phi) is 4.93. The van der Waals surface area contributed by atoms with Crippen LogP contribution in [0.3, 0.4) is 0 Å². The van der Waals surface area contributed by atoms with E-state index in [0.29, 0.717) is 17.9 Å². The minimum absolute atomic E-state index is 0.228. The van der Waals surface area contributed by atoms with Crippen LogP contribution >= 0.6 is 11.3 Å². The van der Waals surface area contributed by atoms with Crippen LogP contribution in [0.1, 0.15) is 22.9 Å². The van der Waals surface area contributed by atoms with E-state index in [1.165, 1.54) is 23.6 Å². The first-order valence-corrected chi connectivity index (χ1v) is 7.21. The van der Waals surface area contributed by atoms with Crippen molar-refractivity contribution in [3.8, 4) is 5.75 Å². The number of hydrogen-bond acceptors (Lipinski definition) is 3. The van der Waals surface area contributed by atoms with E-state index in [1.807, 2.05) is 0 Å². The molecule has 0 spiro atoms. The standard InChI is InChI=1S/C15H18FNOS/c1-3-11-6-7-19-15(11)10-17-9-12-4-5-13(18-2)8-14(12)16/h4-8,17H,3,9-10H2,1-2H3. The van der Waals surface area contributed by atoms with Crippen molar-refractivity contribution >= 4 is 11.3 Å². The largest absolute Gasteiger partial charge is 0.497 e. The Morgan fingerprint density at radius 2 is 2.05 bits per heavy atom. The van der Waals surface area contributed by atoms with E-state index >= 15 is 0 Å². The number of thiophene rings is 1. The Hall–Kier alpha value is -1.39. The average Bonchev–Trinajstić information content (AvgIpc) is 2.88. The van der Waals surface area contributed by atoms with E-state index in [4.69, 9.17) is 4.74 Å². The fourth-order valence-corrected chi connectivity index (χ4v) is 2.89. The second-order valence-electron chi connectivity index (χ2n) is 4.28. The van der Waals surface area contributed by atoms with Crippen molar-refractivity contribution in [1.29, 1.82) is 0 Å². The molecule has 1 N–H and O–H groups in total. The lowest BCUT2D eigenvalue weighted by Gasteiger charge is -2.07. The van der Waals surface area contributed by atoms with Gasteiger partial charge in [0.1, 0.15) is 11.6 Å². The molecule has 19 heavy (non-hydrogen) atoms. The molecule has 2 aromatic rings. The Morgan fingerprint density at radius 3 is 2.74 bits per heavy atom. The summed E-state index contributed by atoms with van der Waals surface area (Å²) in [4.78, 5) is 1.33. The van der Waals surface area contributed by atoms with Crippen LogP contribution in [0.25, 0.3) is 0 Å². The van der Waals surface area contributed by atoms with Crippen LogP contribution in [0.4, 0.5) is 4.39 Å². The fourth-order valence-electron chi connectivity index (χ4n) is 1.95. The van der Waals surface area contributed by atoms with Gasteiger partial charge < -0.3 is 10.1 Å². The molecule has 4 heteroatoms. The van der Waals surface area contributed by atoms with Gasteiger partial charge in [0.05, 0.1) is 7.11 Å². The van der Waals surface area contributed by atoms with Crippen LogP contribution in [0.5, 0.6) is 5.75 Å². The summed E-state index contributed by atoms with van der Waals surface area (Å²) < 4.78 is 18.7. The highest BCUT2D eigenvalue weighted by molar-refractivity contribution is 7.10. The number of aryl methyl sites for hydroxylation is 1. The van der Waals surface area contributed by atoms with Crippen molar-refractivity contribution in [2.75, 3.05) is 7.11 Å². The lowest BCUT2D eigenvalue weighted by atomic mass is 10.2. The molecule has 0 aliphatic carbocycles. The van der Waals surface area contributed by atoms with Crippen LogP contribution in [0.2, 0.25) is 0 Å². The smallest absolute Gasteiger partial charge is 0.131 e. The van der Waals surface area contributed by atoms with Crippen LogP contribution in [-0.2, 0) is 19.5 Å². The summed E-state index contributed by atoms with van der Waals surface area (Å²) in [6, 6.07) is 7.11. The molecule has 2 rings (SSSR count). The highest BCUT2D eigenvalue weighted by Crippen LogP contribution is 2.18. The third-order valence-corrected chi connectivity index (χ3v) is 4.04. The van der Waals surface area contributed by atoms with Gasteiger partial charge >= 0.3 is 0 Å². The number of ether oxygens (including phenoxy) is 1. The molecule has 0 unspecified atom stereocenters. The van der Waals surface area contributed by atoms with Gasteiger partial charge in [-0.05, 0) is 29.5 Å². The molecule has 0 saturated carbocycles. The first-order chi connectivity index (χ1) is 9.24. The number of rotatable bonds is 6. The Labute approximate surface area is 117 Å². The molecule has 1 aromatic heterocycles. The van der Waals surface area contributed by atoms with E-state index in [2.05, 4.69) is 23.7 Å². The van der Waals surface area contributed by atoms with Gasteiger partial charge in [0, 0.05) is 29.6 Å². The van der Waals surface area contributed by atoms with Crippen LogP contribution in [0, 0.1) is 5.82 Å². The average molecular weight is 279 g/mol. The zero-order valence-electron chi connectivity index (χ0n) is 11.2. The molecule has 2 nitrogen and oxygen atoms in total. The maximum atomic E-state index is 13.7. The summed E-state index contributed by atoms with van der Waals surface area (Å²) in [5, 5.41) is 5.39. The molecule has 0 aliphatic heterocycles. The predicted octanol–water partition coefficient (Wildman–Crippen LogP) is 3.75. The first-order valence-electron chi connectivity index (χ1n) is 6.33. The number of benzene rings is 1. The van der Waals surface area contributed by atoms with Crippen LogP contribution < -0.4 is 10.1 Å². The second kappa shape index (κ2) is 6.68. The lowest BCUT2D eigenvalue weighted by Crippen LogP contribution is -2.13. The van der Waals surface area contributed by atoms with Gasteiger partial charge in [-0.3, -0.25) is 0 Å². The second-order valence-corrected chi connectivity index (χ2v) is 5.28. The minimum Gasteiger partial charge on any atom is -0.497 e. The monoisotopic (exact) mass is 279 g/mol. The summed E-state index contributed by atoms with van der Waals surface area (Å²) in [6.45, 7) is 3.46. The van der Waals surface area contributed by atoms with Crippen molar-refractivity contribution in [1.82, 2.24) is 5.32 Å². The molecular weight excluding hydrogens is 261 g/mol. The third kappa shape index (κ3) is 3.55. The Morgan fingerprint density at radius 1 is 1.21 bits per heavy atom. The minimum atomic E-state index is -0.228. The van der Waals surface area contributed by atoms with Crippen molar-refractivity contribution < 1.29 is 9.13 Å². The summed E-state index contributed by atoms with van der Waals surface area (Å²) in [5.74, 6) is 0.321. The maximum absolute atomic E-state index is 13.7. The molecule has 0 aliphatic rings.